The van der Waals surface area contributed by atoms with Gasteiger partial charge in [0.2, 0.25) is 6.79 Å². The van der Waals surface area contributed by atoms with Gasteiger partial charge in [-0.25, -0.2) is 0 Å². The van der Waals surface area contributed by atoms with Gasteiger partial charge in [0, 0.05) is 43.9 Å². The Morgan fingerprint density at radius 2 is 1.79 bits per heavy atom. The number of nitrogens with one attached hydrogen (secondary N) is 1. The Bertz CT molecular complexity index is 887. The van der Waals surface area contributed by atoms with Gasteiger partial charge in [-0.3, -0.25) is 9.78 Å². The fourth-order valence-electron chi connectivity index (χ4n) is 3.78. The van der Waals surface area contributed by atoms with Crippen molar-refractivity contribution in [3.8, 4) is 11.5 Å². The second-order valence-electron chi connectivity index (χ2n) is 7.06. The number of carbonyl (C=O) groups is 1. The summed E-state index contributed by atoms with van der Waals surface area (Å²) in [6.07, 6.45) is 4.68. The van der Waals surface area contributed by atoms with Gasteiger partial charge in [-0.15, -0.1) is 0 Å². The summed E-state index contributed by atoms with van der Waals surface area (Å²) in [5, 5.41) is 3.26. The lowest BCUT2D eigenvalue weighted by atomic mass is 10.0. The second-order valence-corrected chi connectivity index (χ2v) is 7.06. The van der Waals surface area contributed by atoms with Crippen LogP contribution in [0.25, 0.3) is 0 Å². The van der Waals surface area contributed by atoms with Gasteiger partial charge in [-0.2, -0.15) is 0 Å². The minimum absolute atomic E-state index is 0.0327. The maximum Gasteiger partial charge on any atom is 0.255 e. The summed E-state index contributed by atoms with van der Waals surface area (Å²) in [7, 11) is 0. The zero-order valence-electron chi connectivity index (χ0n) is 15.3. The lowest BCUT2D eigenvalue weighted by Gasteiger charge is -2.37. The first-order chi connectivity index (χ1) is 13.7. The van der Waals surface area contributed by atoms with E-state index in [9.17, 15) is 4.79 Å². The van der Waals surface area contributed by atoms with E-state index in [4.69, 9.17) is 18.9 Å². The fourth-order valence-corrected chi connectivity index (χ4v) is 3.78. The van der Waals surface area contributed by atoms with Gasteiger partial charge in [0.15, 0.2) is 17.3 Å². The summed E-state index contributed by atoms with van der Waals surface area (Å²) in [6.45, 7) is 2.71. The predicted molar refractivity (Wildman–Crippen MR) is 99.9 cm³/mol. The van der Waals surface area contributed by atoms with Crippen molar-refractivity contribution in [3.05, 3.63) is 42.2 Å². The van der Waals surface area contributed by atoms with Gasteiger partial charge >= 0.3 is 0 Å². The average Bonchev–Trinajstić information content (AvgIpc) is 3.38. The van der Waals surface area contributed by atoms with Gasteiger partial charge in [0.05, 0.1) is 30.7 Å². The van der Waals surface area contributed by atoms with E-state index < -0.39 is 5.79 Å². The molecule has 3 aliphatic rings. The van der Waals surface area contributed by atoms with Crippen LogP contribution in [0.2, 0.25) is 0 Å². The highest BCUT2D eigenvalue weighted by atomic mass is 16.7. The number of carbonyl (C=O) groups excluding carboxylic acids is 1. The molecular formula is C20H21N3O5. The third kappa shape index (κ3) is 3.25. The first-order valence-corrected chi connectivity index (χ1v) is 9.40. The first kappa shape index (κ1) is 17.3. The van der Waals surface area contributed by atoms with Crippen molar-refractivity contribution < 1.29 is 23.7 Å². The molecule has 2 aromatic rings. The molecule has 1 aromatic heterocycles. The number of nitrogens with zero attached hydrogens (tertiary/aromatic N) is 2. The van der Waals surface area contributed by atoms with Crippen LogP contribution in [0.1, 0.15) is 23.2 Å². The minimum Gasteiger partial charge on any atom is -0.454 e. The Labute approximate surface area is 162 Å². The highest BCUT2D eigenvalue weighted by molar-refractivity contribution is 5.95. The molecular weight excluding hydrogens is 362 g/mol. The molecule has 8 nitrogen and oxygen atoms in total. The van der Waals surface area contributed by atoms with Crippen LogP contribution in [0.15, 0.2) is 36.7 Å². The minimum atomic E-state index is -0.488. The maximum absolute atomic E-state index is 12.9. The molecule has 8 heteroatoms. The number of aromatic nitrogens is 1. The number of hydrogen-bond donors (Lipinski definition) is 1. The van der Waals surface area contributed by atoms with Crippen molar-refractivity contribution in [2.45, 2.75) is 18.6 Å². The molecule has 1 N–H and O–H groups in total. The summed E-state index contributed by atoms with van der Waals surface area (Å²) in [5.41, 5.74) is 2.13. The fraction of sp³-hybridized carbons (Fsp3) is 0.400. The van der Waals surface area contributed by atoms with E-state index in [1.165, 1.54) is 0 Å². The highest BCUT2D eigenvalue weighted by Crippen LogP contribution is 2.35. The lowest BCUT2D eigenvalue weighted by Crippen LogP contribution is -2.47. The molecule has 0 unspecified atom stereocenters. The second kappa shape index (κ2) is 6.96. The van der Waals surface area contributed by atoms with Crippen molar-refractivity contribution in [2.24, 2.45) is 0 Å². The Kier molecular flexibility index (Phi) is 4.29. The van der Waals surface area contributed by atoms with Crippen molar-refractivity contribution >= 4 is 17.3 Å². The number of piperidine rings is 1. The average molecular weight is 383 g/mol. The number of pyridine rings is 1. The molecule has 0 atom stereocenters. The molecule has 0 saturated carbocycles. The Morgan fingerprint density at radius 3 is 2.61 bits per heavy atom. The molecule has 2 fully saturated rings. The molecule has 0 aliphatic carbocycles. The largest absolute Gasteiger partial charge is 0.454 e. The highest BCUT2D eigenvalue weighted by Gasteiger charge is 2.40. The van der Waals surface area contributed by atoms with Crippen LogP contribution in [0.3, 0.4) is 0 Å². The molecule has 5 rings (SSSR count). The monoisotopic (exact) mass is 383 g/mol. The van der Waals surface area contributed by atoms with Crippen molar-refractivity contribution in [3.63, 3.8) is 0 Å². The molecule has 3 aliphatic heterocycles. The molecule has 28 heavy (non-hydrogen) atoms. The van der Waals surface area contributed by atoms with Crippen LogP contribution in [-0.2, 0) is 9.47 Å². The summed E-state index contributed by atoms with van der Waals surface area (Å²) >= 11 is 0. The van der Waals surface area contributed by atoms with Crippen LogP contribution in [0.5, 0.6) is 11.5 Å². The number of fused-ring (bicyclic) bond motifs is 1. The smallest absolute Gasteiger partial charge is 0.255 e. The van der Waals surface area contributed by atoms with E-state index in [0.29, 0.717) is 50.5 Å². The summed E-state index contributed by atoms with van der Waals surface area (Å²) < 4.78 is 22.2. The molecule has 0 bridgehead atoms. The van der Waals surface area contributed by atoms with E-state index in [1.807, 2.05) is 29.2 Å². The van der Waals surface area contributed by atoms with Gasteiger partial charge in [0.25, 0.3) is 5.91 Å². The molecule has 0 radical (unpaired) electrons. The third-order valence-corrected chi connectivity index (χ3v) is 5.27. The van der Waals surface area contributed by atoms with Crippen LogP contribution in [-0.4, -0.2) is 54.7 Å². The van der Waals surface area contributed by atoms with Crippen molar-refractivity contribution in [2.75, 3.05) is 38.4 Å². The van der Waals surface area contributed by atoms with E-state index in [-0.39, 0.29) is 12.7 Å². The molecule has 1 aromatic carbocycles. The van der Waals surface area contributed by atoms with Crippen LogP contribution in [0, 0.1) is 0 Å². The maximum atomic E-state index is 12.9. The topological polar surface area (TPSA) is 82.2 Å². The SMILES string of the molecule is O=C(c1cncc(Nc2ccc3c(c2)OCO3)c1)N1CCC2(CC1)OCCO2. The first-order valence-electron chi connectivity index (χ1n) is 9.40. The molecule has 4 heterocycles. The number of amides is 1. The van der Waals surface area contributed by atoms with Gasteiger partial charge in [-0.05, 0) is 18.2 Å². The standard InChI is InChI=1S/C20H21N3O5/c24-19(23-5-3-20(4-6-23)27-7-8-28-20)14-9-16(12-21-11-14)22-15-1-2-17-18(10-15)26-13-25-17/h1-2,9-12,22H,3-8,13H2. The number of likely N-dealkylation sites (tertiary alicyclic amines) is 1. The Hall–Kier alpha value is -2.84. The third-order valence-electron chi connectivity index (χ3n) is 5.27. The number of benzene rings is 1. The number of ether oxygens (including phenoxy) is 4. The van der Waals surface area contributed by atoms with Crippen LogP contribution < -0.4 is 14.8 Å². The zero-order chi connectivity index (χ0) is 19.0. The van der Waals surface area contributed by atoms with E-state index in [2.05, 4.69) is 10.3 Å². The van der Waals surface area contributed by atoms with Crippen molar-refractivity contribution in [1.29, 1.82) is 0 Å². The van der Waals surface area contributed by atoms with Gasteiger partial charge in [-0.1, -0.05) is 0 Å². The van der Waals surface area contributed by atoms with Crippen LogP contribution >= 0.6 is 0 Å². The van der Waals surface area contributed by atoms with Crippen molar-refractivity contribution in [1.82, 2.24) is 9.88 Å². The number of anilines is 2. The normalized spacial score (nSPS) is 19.8. The molecule has 2 saturated heterocycles. The Balaban J connectivity index is 1.27. The van der Waals surface area contributed by atoms with E-state index in [1.54, 1.807) is 12.4 Å². The number of rotatable bonds is 3. The van der Waals surface area contributed by atoms with Crippen LogP contribution in [0.4, 0.5) is 11.4 Å². The van der Waals surface area contributed by atoms with E-state index >= 15 is 0 Å². The number of hydrogen-bond acceptors (Lipinski definition) is 7. The molecule has 1 spiro atoms. The molecule has 1 amide bonds. The summed E-state index contributed by atoms with van der Waals surface area (Å²) in [5.74, 6) is 0.904. The van der Waals surface area contributed by atoms with E-state index in [0.717, 1.165) is 17.1 Å². The zero-order valence-corrected chi connectivity index (χ0v) is 15.3. The lowest BCUT2D eigenvalue weighted by molar-refractivity contribution is -0.181. The Morgan fingerprint density at radius 1 is 1.00 bits per heavy atom. The van der Waals surface area contributed by atoms with Gasteiger partial charge < -0.3 is 29.2 Å². The summed E-state index contributed by atoms with van der Waals surface area (Å²) in [6, 6.07) is 7.42. The quantitative estimate of drug-likeness (QED) is 0.872. The predicted octanol–water partition coefficient (Wildman–Crippen LogP) is 2.53. The summed E-state index contributed by atoms with van der Waals surface area (Å²) in [4.78, 5) is 19.0. The van der Waals surface area contributed by atoms with Gasteiger partial charge in [0.1, 0.15) is 0 Å². The molecule has 146 valence electrons.